The first kappa shape index (κ1) is 9.60. The lowest BCUT2D eigenvalue weighted by molar-refractivity contribution is 0.0689. The summed E-state index contributed by atoms with van der Waals surface area (Å²) in [6.45, 7) is 3.43. The monoisotopic (exact) mass is 181 g/mol. The van der Waals surface area contributed by atoms with E-state index in [0.29, 0.717) is 5.82 Å². The molecule has 0 aliphatic carbocycles. The first-order valence-corrected chi connectivity index (χ1v) is 3.77. The van der Waals surface area contributed by atoms with E-state index in [9.17, 15) is 4.79 Å². The van der Waals surface area contributed by atoms with E-state index in [1.54, 1.807) is 13.8 Å². The van der Waals surface area contributed by atoms with Crippen molar-refractivity contribution < 1.29 is 9.90 Å². The highest BCUT2D eigenvalue weighted by molar-refractivity contribution is 5.85. The Morgan fingerprint density at radius 1 is 1.62 bits per heavy atom. The molecule has 0 amide bonds. The largest absolute Gasteiger partial charge is 0.477 e. The van der Waals surface area contributed by atoms with Gasteiger partial charge in [-0.2, -0.15) is 0 Å². The van der Waals surface area contributed by atoms with Crippen molar-refractivity contribution in [2.75, 3.05) is 0 Å². The second kappa shape index (κ2) is 3.10. The maximum Gasteiger partial charge on any atom is 0.354 e. The van der Waals surface area contributed by atoms with Crippen molar-refractivity contribution in [1.29, 1.82) is 0 Å². The number of carboxylic acid groups (broad SMARTS) is 1. The number of nitrogens with two attached hydrogens (primary N) is 1. The number of rotatable bonds is 2. The molecular weight excluding hydrogens is 170 g/mol. The van der Waals surface area contributed by atoms with Crippen molar-refractivity contribution in [3.63, 3.8) is 0 Å². The minimum Gasteiger partial charge on any atom is -0.477 e. The van der Waals surface area contributed by atoms with Crippen LogP contribution in [0.1, 0.15) is 30.2 Å². The van der Waals surface area contributed by atoms with Crippen molar-refractivity contribution >= 4 is 5.97 Å². The molecule has 13 heavy (non-hydrogen) atoms. The predicted octanol–water partition coefficient (Wildman–Crippen LogP) is 0.369. The van der Waals surface area contributed by atoms with Crippen LogP contribution in [0.15, 0.2) is 12.3 Å². The van der Waals surface area contributed by atoms with Gasteiger partial charge in [0.25, 0.3) is 0 Å². The smallest absolute Gasteiger partial charge is 0.354 e. The van der Waals surface area contributed by atoms with E-state index >= 15 is 0 Å². The summed E-state index contributed by atoms with van der Waals surface area (Å²) in [6.07, 6.45) is 1.39. The number of carbonyl (C=O) groups is 1. The van der Waals surface area contributed by atoms with Gasteiger partial charge in [-0.05, 0) is 19.9 Å². The summed E-state index contributed by atoms with van der Waals surface area (Å²) in [5, 5.41) is 8.64. The minimum atomic E-state index is -1.08. The Bertz CT molecular complexity index is 330. The van der Waals surface area contributed by atoms with E-state index in [-0.39, 0.29) is 5.69 Å². The fourth-order valence-electron chi connectivity index (χ4n) is 0.788. The predicted molar refractivity (Wildman–Crippen MR) is 46.2 cm³/mol. The highest BCUT2D eigenvalue weighted by Crippen LogP contribution is 2.10. The molecule has 0 spiro atoms. The normalized spacial score (nSPS) is 11.3. The summed E-state index contributed by atoms with van der Waals surface area (Å²) >= 11 is 0. The van der Waals surface area contributed by atoms with Gasteiger partial charge in [0.1, 0.15) is 5.82 Å². The second-order valence-electron chi connectivity index (χ2n) is 3.29. The molecule has 0 radical (unpaired) electrons. The third-order valence-electron chi connectivity index (χ3n) is 1.45. The Labute approximate surface area is 75.6 Å². The fourth-order valence-corrected chi connectivity index (χ4v) is 0.788. The summed E-state index contributed by atoms with van der Waals surface area (Å²) < 4.78 is 0. The maximum atomic E-state index is 10.5. The van der Waals surface area contributed by atoms with Gasteiger partial charge in [-0.15, -0.1) is 0 Å². The molecule has 5 nitrogen and oxygen atoms in total. The summed E-state index contributed by atoms with van der Waals surface area (Å²) in [6, 6.07) is 1.33. The summed E-state index contributed by atoms with van der Waals surface area (Å²) in [5.41, 5.74) is 4.95. The van der Waals surface area contributed by atoms with Crippen LogP contribution >= 0.6 is 0 Å². The molecule has 0 fully saturated rings. The number of aromatic nitrogens is 2. The van der Waals surface area contributed by atoms with Gasteiger partial charge in [-0.3, -0.25) is 0 Å². The van der Waals surface area contributed by atoms with Crippen LogP contribution in [0, 0.1) is 0 Å². The number of aromatic carboxylic acids is 1. The van der Waals surface area contributed by atoms with E-state index in [4.69, 9.17) is 10.8 Å². The zero-order valence-corrected chi connectivity index (χ0v) is 7.48. The Morgan fingerprint density at radius 3 is 2.69 bits per heavy atom. The quantitative estimate of drug-likeness (QED) is 0.688. The van der Waals surface area contributed by atoms with E-state index in [1.807, 2.05) is 0 Å². The van der Waals surface area contributed by atoms with Crippen LogP contribution < -0.4 is 5.73 Å². The van der Waals surface area contributed by atoms with Gasteiger partial charge in [-0.25, -0.2) is 14.8 Å². The molecule has 0 unspecified atom stereocenters. The molecular formula is C8H11N3O2. The third kappa shape index (κ3) is 2.22. The summed E-state index contributed by atoms with van der Waals surface area (Å²) in [5.74, 6) is -0.750. The van der Waals surface area contributed by atoms with Crippen LogP contribution in [-0.2, 0) is 5.54 Å². The molecule has 1 heterocycles. The summed E-state index contributed by atoms with van der Waals surface area (Å²) in [7, 11) is 0. The van der Waals surface area contributed by atoms with Crippen LogP contribution in [-0.4, -0.2) is 21.0 Å². The number of nitrogens with zero attached hydrogens (tertiary/aromatic N) is 2. The van der Waals surface area contributed by atoms with E-state index in [2.05, 4.69) is 9.97 Å². The number of hydrogen-bond donors (Lipinski definition) is 2. The zero-order chi connectivity index (χ0) is 10.1. The SMILES string of the molecule is CC(C)(N)c1nccc(C(=O)O)n1. The average molecular weight is 181 g/mol. The molecule has 0 bridgehead atoms. The van der Waals surface area contributed by atoms with E-state index in [1.165, 1.54) is 12.3 Å². The minimum absolute atomic E-state index is 0.0384. The molecule has 0 saturated heterocycles. The van der Waals surface area contributed by atoms with Crippen LogP contribution in [0.2, 0.25) is 0 Å². The molecule has 0 aromatic carbocycles. The van der Waals surface area contributed by atoms with Crippen LogP contribution in [0.3, 0.4) is 0 Å². The van der Waals surface area contributed by atoms with Crippen LogP contribution in [0.25, 0.3) is 0 Å². The standard InChI is InChI=1S/C8H11N3O2/c1-8(2,9)7-10-4-3-5(11-7)6(12)13/h3-4H,9H2,1-2H3,(H,12,13). The van der Waals surface area contributed by atoms with Crippen molar-refractivity contribution in [2.24, 2.45) is 5.73 Å². The van der Waals surface area contributed by atoms with Gasteiger partial charge in [-0.1, -0.05) is 0 Å². The molecule has 0 atom stereocenters. The van der Waals surface area contributed by atoms with Crippen molar-refractivity contribution in [3.05, 3.63) is 23.8 Å². The molecule has 70 valence electrons. The van der Waals surface area contributed by atoms with Crippen molar-refractivity contribution in [2.45, 2.75) is 19.4 Å². The third-order valence-corrected chi connectivity index (χ3v) is 1.45. The van der Waals surface area contributed by atoms with Crippen LogP contribution in [0.4, 0.5) is 0 Å². The van der Waals surface area contributed by atoms with Gasteiger partial charge in [0.05, 0.1) is 5.54 Å². The van der Waals surface area contributed by atoms with Gasteiger partial charge < -0.3 is 10.8 Å². The summed E-state index contributed by atoms with van der Waals surface area (Å²) in [4.78, 5) is 18.3. The zero-order valence-electron chi connectivity index (χ0n) is 7.48. The molecule has 0 saturated carbocycles. The van der Waals surface area contributed by atoms with Crippen molar-refractivity contribution in [3.8, 4) is 0 Å². The molecule has 0 aliphatic rings. The molecule has 1 aromatic rings. The number of hydrogen-bond acceptors (Lipinski definition) is 4. The van der Waals surface area contributed by atoms with Crippen LogP contribution in [0.5, 0.6) is 0 Å². The Balaban J connectivity index is 3.13. The fraction of sp³-hybridized carbons (Fsp3) is 0.375. The molecule has 1 aromatic heterocycles. The van der Waals surface area contributed by atoms with E-state index < -0.39 is 11.5 Å². The Kier molecular flexibility index (Phi) is 2.29. The lowest BCUT2D eigenvalue weighted by atomic mass is 10.1. The first-order chi connectivity index (χ1) is 5.91. The van der Waals surface area contributed by atoms with E-state index in [0.717, 1.165) is 0 Å². The molecule has 5 heteroatoms. The van der Waals surface area contributed by atoms with Crippen molar-refractivity contribution in [1.82, 2.24) is 9.97 Å². The van der Waals surface area contributed by atoms with Gasteiger partial charge in [0, 0.05) is 6.20 Å². The Morgan fingerprint density at radius 2 is 2.23 bits per heavy atom. The highest BCUT2D eigenvalue weighted by Gasteiger charge is 2.19. The van der Waals surface area contributed by atoms with Gasteiger partial charge >= 0.3 is 5.97 Å². The highest BCUT2D eigenvalue weighted by atomic mass is 16.4. The molecule has 3 N–H and O–H groups in total. The van der Waals surface area contributed by atoms with Gasteiger partial charge in [0.2, 0.25) is 0 Å². The first-order valence-electron chi connectivity index (χ1n) is 3.77. The lowest BCUT2D eigenvalue weighted by Gasteiger charge is -2.15. The Hall–Kier alpha value is -1.49. The molecule has 0 aliphatic heterocycles. The number of carboxylic acids is 1. The average Bonchev–Trinajstić information content (AvgIpc) is 2.03. The van der Waals surface area contributed by atoms with Gasteiger partial charge in [0.15, 0.2) is 5.69 Å². The second-order valence-corrected chi connectivity index (χ2v) is 3.29. The lowest BCUT2D eigenvalue weighted by Crippen LogP contribution is -2.31. The molecule has 1 rings (SSSR count). The topological polar surface area (TPSA) is 89.1 Å². The maximum absolute atomic E-state index is 10.5.